The van der Waals surface area contributed by atoms with E-state index in [9.17, 15) is 0 Å². The third-order valence-electron chi connectivity index (χ3n) is 4.16. The summed E-state index contributed by atoms with van der Waals surface area (Å²) >= 11 is 1.91. The summed E-state index contributed by atoms with van der Waals surface area (Å²) in [6.07, 6.45) is 9.11. The molecule has 0 aromatic heterocycles. The Hall–Kier alpha value is -0.180. The molecule has 0 aromatic carbocycles. The Balaban J connectivity index is 2.10. The third-order valence-corrected chi connectivity index (χ3v) is 5.36. The number of hydrogen-bond acceptors (Lipinski definition) is 2. The van der Waals surface area contributed by atoms with Gasteiger partial charge in [0, 0.05) is 17.8 Å². The lowest BCUT2D eigenvalue weighted by Gasteiger charge is -2.25. The number of amidine groups is 1. The molecule has 0 bridgehead atoms. The van der Waals surface area contributed by atoms with Crippen LogP contribution in [0.15, 0.2) is 4.99 Å². The van der Waals surface area contributed by atoms with Crippen LogP contribution in [-0.4, -0.2) is 23.0 Å². The van der Waals surface area contributed by atoms with Crippen LogP contribution in [0.25, 0.3) is 0 Å². The number of nitrogens with one attached hydrogen (secondary N) is 1. The maximum atomic E-state index is 4.72. The summed E-state index contributed by atoms with van der Waals surface area (Å²) in [5.74, 6) is 2.04. The predicted molar refractivity (Wildman–Crippen MR) is 89.1 cm³/mol. The second kappa shape index (κ2) is 8.89. The Bertz CT molecular complexity index is 270. The number of thioether (sulfide) groups is 1. The highest BCUT2D eigenvalue weighted by molar-refractivity contribution is 8.14. The molecule has 0 atom stereocenters. The van der Waals surface area contributed by atoms with Crippen LogP contribution in [0, 0.1) is 5.92 Å². The molecule has 2 nitrogen and oxygen atoms in total. The Kier molecular flexibility index (Phi) is 7.89. The quantitative estimate of drug-likeness (QED) is 0.612. The van der Waals surface area contributed by atoms with Crippen molar-refractivity contribution in [3.63, 3.8) is 0 Å². The SMILES string of the molecule is CCC1(CC)CSC(=NCCCCCCC(C)C)N1. The van der Waals surface area contributed by atoms with E-state index in [2.05, 4.69) is 33.0 Å². The van der Waals surface area contributed by atoms with E-state index in [1.807, 2.05) is 11.8 Å². The summed E-state index contributed by atoms with van der Waals surface area (Å²) in [7, 11) is 0. The van der Waals surface area contributed by atoms with E-state index < -0.39 is 0 Å². The molecule has 1 aliphatic heterocycles. The van der Waals surface area contributed by atoms with Gasteiger partial charge in [-0.2, -0.15) is 0 Å². The zero-order valence-electron chi connectivity index (χ0n) is 13.3. The number of hydrogen-bond donors (Lipinski definition) is 1. The van der Waals surface area contributed by atoms with Crippen molar-refractivity contribution in [2.45, 2.75) is 78.2 Å². The summed E-state index contributed by atoms with van der Waals surface area (Å²) in [4.78, 5) is 4.72. The van der Waals surface area contributed by atoms with E-state index in [4.69, 9.17) is 4.99 Å². The van der Waals surface area contributed by atoms with E-state index >= 15 is 0 Å². The van der Waals surface area contributed by atoms with Crippen LogP contribution in [0.2, 0.25) is 0 Å². The third kappa shape index (κ3) is 6.20. The standard InChI is InChI=1S/C16H32N2S/c1-5-16(6-2)13-19-15(18-16)17-12-10-8-7-9-11-14(3)4/h14H,5-13H2,1-4H3,(H,17,18). The highest BCUT2D eigenvalue weighted by Gasteiger charge is 2.33. The molecule has 0 saturated carbocycles. The minimum Gasteiger partial charge on any atom is -0.359 e. The minimum atomic E-state index is 0.320. The molecule has 19 heavy (non-hydrogen) atoms. The van der Waals surface area contributed by atoms with Crippen LogP contribution in [0.5, 0.6) is 0 Å². The average molecular weight is 285 g/mol. The van der Waals surface area contributed by atoms with Gasteiger partial charge in [-0.05, 0) is 25.2 Å². The minimum absolute atomic E-state index is 0.320. The van der Waals surface area contributed by atoms with Gasteiger partial charge in [0.05, 0.1) is 0 Å². The second-order valence-electron chi connectivity index (χ2n) is 6.18. The fourth-order valence-electron chi connectivity index (χ4n) is 2.42. The van der Waals surface area contributed by atoms with Gasteiger partial charge in [-0.1, -0.05) is 65.1 Å². The zero-order valence-corrected chi connectivity index (χ0v) is 14.1. The number of aliphatic imine (C=N–C) groups is 1. The topological polar surface area (TPSA) is 24.4 Å². The van der Waals surface area contributed by atoms with E-state index in [1.165, 1.54) is 55.9 Å². The monoisotopic (exact) mass is 284 g/mol. The van der Waals surface area contributed by atoms with Crippen molar-refractivity contribution in [3.8, 4) is 0 Å². The molecular weight excluding hydrogens is 252 g/mol. The summed E-state index contributed by atoms with van der Waals surface area (Å²) in [5.41, 5.74) is 0.320. The van der Waals surface area contributed by atoms with E-state index in [0.717, 1.165) is 12.5 Å². The summed E-state index contributed by atoms with van der Waals surface area (Å²) < 4.78 is 0. The van der Waals surface area contributed by atoms with Crippen molar-refractivity contribution in [2.24, 2.45) is 10.9 Å². The number of unbranched alkanes of at least 4 members (excludes halogenated alkanes) is 3. The largest absolute Gasteiger partial charge is 0.359 e. The molecule has 112 valence electrons. The smallest absolute Gasteiger partial charge is 0.157 e. The summed E-state index contributed by atoms with van der Waals surface area (Å²) in [6.45, 7) is 10.2. The number of nitrogens with zero attached hydrogens (tertiary/aromatic N) is 1. The molecule has 3 heteroatoms. The van der Waals surface area contributed by atoms with Crippen molar-refractivity contribution >= 4 is 16.9 Å². The van der Waals surface area contributed by atoms with Crippen molar-refractivity contribution in [3.05, 3.63) is 0 Å². The first-order chi connectivity index (χ1) is 9.12. The maximum Gasteiger partial charge on any atom is 0.157 e. The lowest BCUT2D eigenvalue weighted by atomic mass is 9.96. The molecular formula is C16H32N2S. The molecule has 1 aliphatic rings. The first-order valence-electron chi connectivity index (χ1n) is 8.07. The molecule has 1 fully saturated rings. The molecule has 1 N–H and O–H groups in total. The fraction of sp³-hybridized carbons (Fsp3) is 0.938. The van der Waals surface area contributed by atoms with Crippen molar-refractivity contribution in [1.29, 1.82) is 0 Å². The number of rotatable bonds is 9. The van der Waals surface area contributed by atoms with Crippen LogP contribution in [0.3, 0.4) is 0 Å². The van der Waals surface area contributed by atoms with Crippen molar-refractivity contribution in [2.75, 3.05) is 12.3 Å². The van der Waals surface area contributed by atoms with Gasteiger partial charge in [-0.15, -0.1) is 0 Å². The molecule has 0 radical (unpaired) electrons. The van der Waals surface area contributed by atoms with Gasteiger partial charge >= 0.3 is 0 Å². The second-order valence-corrected chi connectivity index (χ2v) is 7.15. The molecule has 0 aromatic rings. The highest BCUT2D eigenvalue weighted by atomic mass is 32.2. The van der Waals surface area contributed by atoms with Gasteiger partial charge in [0.25, 0.3) is 0 Å². The molecule has 0 spiro atoms. The van der Waals surface area contributed by atoms with Gasteiger partial charge in [0.2, 0.25) is 0 Å². The molecule has 0 aliphatic carbocycles. The Labute approximate surface area is 124 Å². The molecule has 1 heterocycles. The van der Waals surface area contributed by atoms with Crippen molar-refractivity contribution in [1.82, 2.24) is 5.32 Å². The van der Waals surface area contributed by atoms with E-state index in [1.54, 1.807) is 0 Å². The molecule has 0 amide bonds. The van der Waals surface area contributed by atoms with Crippen LogP contribution >= 0.6 is 11.8 Å². The van der Waals surface area contributed by atoms with Gasteiger partial charge < -0.3 is 5.32 Å². The first-order valence-corrected chi connectivity index (χ1v) is 9.06. The lowest BCUT2D eigenvalue weighted by Crippen LogP contribution is -2.42. The van der Waals surface area contributed by atoms with Gasteiger partial charge in [-0.3, -0.25) is 4.99 Å². The summed E-state index contributed by atoms with van der Waals surface area (Å²) in [5, 5.41) is 4.82. The molecule has 0 unspecified atom stereocenters. The average Bonchev–Trinajstić information content (AvgIpc) is 2.81. The van der Waals surface area contributed by atoms with Crippen LogP contribution in [-0.2, 0) is 0 Å². The van der Waals surface area contributed by atoms with Gasteiger partial charge in [0.15, 0.2) is 5.17 Å². The predicted octanol–water partition coefficient (Wildman–Crippen LogP) is 4.84. The lowest BCUT2D eigenvalue weighted by molar-refractivity contribution is 0.407. The Morgan fingerprint density at radius 2 is 1.84 bits per heavy atom. The Morgan fingerprint density at radius 3 is 2.42 bits per heavy atom. The highest BCUT2D eigenvalue weighted by Crippen LogP contribution is 2.28. The normalized spacial score (nSPS) is 20.2. The van der Waals surface area contributed by atoms with Crippen molar-refractivity contribution < 1.29 is 0 Å². The molecule has 1 rings (SSSR count). The van der Waals surface area contributed by atoms with Crippen LogP contribution in [0.1, 0.15) is 72.6 Å². The first kappa shape index (κ1) is 16.9. The molecule has 1 saturated heterocycles. The van der Waals surface area contributed by atoms with E-state index in [0.29, 0.717) is 5.54 Å². The van der Waals surface area contributed by atoms with E-state index in [-0.39, 0.29) is 0 Å². The van der Waals surface area contributed by atoms with Crippen LogP contribution in [0.4, 0.5) is 0 Å². The van der Waals surface area contributed by atoms with Gasteiger partial charge in [0.1, 0.15) is 0 Å². The maximum absolute atomic E-state index is 4.72. The van der Waals surface area contributed by atoms with Gasteiger partial charge in [-0.25, -0.2) is 0 Å². The summed E-state index contributed by atoms with van der Waals surface area (Å²) in [6, 6.07) is 0. The zero-order chi connectivity index (χ0) is 14.1. The van der Waals surface area contributed by atoms with Crippen LogP contribution < -0.4 is 5.32 Å². The Morgan fingerprint density at radius 1 is 1.16 bits per heavy atom. The fourth-order valence-corrected chi connectivity index (χ4v) is 3.78.